The molecule has 3 aromatic carbocycles. The summed E-state index contributed by atoms with van der Waals surface area (Å²) in [6, 6.07) is 23.5. The number of amides is 1. The molecule has 1 saturated heterocycles. The van der Waals surface area contributed by atoms with E-state index in [1.807, 2.05) is 54.3 Å². The van der Waals surface area contributed by atoms with Crippen LogP contribution in [0.25, 0.3) is 0 Å². The molecule has 6 heteroatoms. The lowest BCUT2D eigenvalue weighted by atomic mass is 10.1. The molecule has 0 aromatic heterocycles. The smallest absolute Gasteiger partial charge is 0.258 e. The maximum absolute atomic E-state index is 13.5. The minimum Gasteiger partial charge on any atom is -0.271 e. The largest absolute Gasteiger partial charge is 0.271 e. The fourth-order valence-electron chi connectivity index (χ4n) is 3.59. The highest BCUT2D eigenvalue weighted by Gasteiger charge is 2.39. The number of halogens is 2. The highest BCUT2D eigenvalue weighted by Crippen LogP contribution is 2.33. The third-order valence-electron chi connectivity index (χ3n) is 5.09. The van der Waals surface area contributed by atoms with Crippen LogP contribution in [-0.2, 0) is 11.3 Å². The number of carbonyl (C=O) groups is 1. The lowest BCUT2D eigenvalue weighted by molar-refractivity contribution is -0.128. The third kappa shape index (κ3) is 4.42. The Morgan fingerprint density at radius 3 is 2.37 bits per heavy atom. The average molecular weight is 422 g/mol. The van der Waals surface area contributed by atoms with Crippen LogP contribution in [0.5, 0.6) is 0 Å². The summed E-state index contributed by atoms with van der Waals surface area (Å²) < 4.78 is 13.5. The van der Waals surface area contributed by atoms with Crippen molar-refractivity contribution in [1.29, 1.82) is 0 Å². The Morgan fingerprint density at radius 2 is 1.70 bits per heavy atom. The Balaban J connectivity index is 1.69. The van der Waals surface area contributed by atoms with E-state index in [0.29, 0.717) is 17.3 Å². The van der Waals surface area contributed by atoms with Gasteiger partial charge in [-0.25, -0.2) is 9.40 Å². The molecule has 0 bridgehead atoms. The first-order valence-corrected chi connectivity index (χ1v) is 10.1. The summed E-state index contributed by atoms with van der Waals surface area (Å²) in [5, 5.41) is 6.79. The molecule has 1 aliphatic rings. The van der Waals surface area contributed by atoms with Crippen LogP contribution >= 0.6 is 11.6 Å². The van der Waals surface area contributed by atoms with E-state index >= 15 is 0 Å². The molecule has 0 saturated carbocycles. The van der Waals surface area contributed by atoms with Crippen molar-refractivity contribution in [3.63, 3.8) is 0 Å². The van der Waals surface area contributed by atoms with Gasteiger partial charge in [0.25, 0.3) is 5.91 Å². The van der Waals surface area contributed by atoms with E-state index < -0.39 is 6.17 Å². The van der Waals surface area contributed by atoms with Crippen LogP contribution in [0.4, 0.5) is 4.39 Å². The van der Waals surface area contributed by atoms with Crippen LogP contribution in [-0.4, -0.2) is 28.1 Å². The van der Waals surface area contributed by atoms with Gasteiger partial charge in [0, 0.05) is 11.6 Å². The van der Waals surface area contributed by atoms with Gasteiger partial charge in [-0.15, -0.1) is 0 Å². The SMILES string of the molecule is C/C(=N/N1C(=O)CN(Cc2ccccc2)[C@H]1c1ccc(F)cc1)c1ccc(Cl)cc1. The molecule has 1 aliphatic heterocycles. The highest BCUT2D eigenvalue weighted by molar-refractivity contribution is 6.30. The molecule has 1 amide bonds. The molecule has 3 aromatic rings. The molecule has 0 N–H and O–H groups in total. The summed E-state index contributed by atoms with van der Waals surface area (Å²) in [6.07, 6.45) is -0.416. The third-order valence-corrected chi connectivity index (χ3v) is 5.34. The molecule has 0 spiro atoms. The van der Waals surface area contributed by atoms with E-state index in [-0.39, 0.29) is 18.3 Å². The minimum atomic E-state index is -0.416. The number of hydrazone groups is 1. The van der Waals surface area contributed by atoms with Crippen LogP contribution in [0.1, 0.15) is 29.8 Å². The second-order valence-corrected chi connectivity index (χ2v) is 7.68. The highest BCUT2D eigenvalue weighted by atomic mass is 35.5. The topological polar surface area (TPSA) is 35.9 Å². The van der Waals surface area contributed by atoms with Crippen LogP contribution < -0.4 is 0 Å². The quantitative estimate of drug-likeness (QED) is 0.528. The molecular weight excluding hydrogens is 401 g/mol. The number of hydrogen-bond acceptors (Lipinski definition) is 3. The maximum Gasteiger partial charge on any atom is 0.258 e. The number of carbonyl (C=O) groups excluding carboxylic acids is 1. The lowest BCUT2D eigenvalue weighted by Gasteiger charge is -2.28. The number of benzene rings is 3. The summed E-state index contributed by atoms with van der Waals surface area (Å²) in [5.74, 6) is -0.418. The first kappa shape index (κ1) is 20.3. The van der Waals surface area contributed by atoms with E-state index in [1.54, 1.807) is 24.3 Å². The molecule has 0 aliphatic carbocycles. The molecule has 152 valence electrons. The first-order valence-electron chi connectivity index (χ1n) is 9.68. The van der Waals surface area contributed by atoms with Crippen LogP contribution in [0.2, 0.25) is 5.02 Å². The minimum absolute atomic E-state index is 0.103. The standard InChI is InChI=1S/C24H21ClFN3O/c1-17(19-7-11-21(25)12-8-19)27-29-23(30)16-28(15-18-5-3-2-4-6-18)24(29)20-9-13-22(26)14-10-20/h2-14,24H,15-16H2,1H3/b27-17-/t24-/m1/s1. The van der Waals surface area contributed by atoms with Gasteiger partial charge in [-0.1, -0.05) is 66.2 Å². The monoisotopic (exact) mass is 421 g/mol. The normalized spacial score (nSPS) is 17.6. The summed E-state index contributed by atoms with van der Waals surface area (Å²) in [7, 11) is 0. The van der Waals surface area contributed by atoms with E-state index in [2.05, 4.69) is 5.10 Å². The van der Waals surface area contributed by atoms with E-state index in [4.69, 9.17) is 11.6 Å². The molecule has 0 unspecified atom stereocenters. The average Bonchev–Trinajstić information content (AvgIpc) is 3.04. The second-order valence-electron chi connectivity index (χ2n) is 7.25. The van der Waals surface area contributed by atoms with Gasteiger partial charge in [-0.3, -0.25) is 9.69 Å². The molecule has 30 heavy (non-hydrogen) atoms. The fraction of sp³-hybridized carbons (Fsp3) is 0.167. The molecule has 4 nitrogen and oxygen atoms in total. The summed E-state index contributed by atoms with van der Waals surface area (Å²) in [5.41, 5.74) is 3.49. The van der Waals surface area contributed by atoms with Crippen molar-refractivity contribution in [2.24, 2.45) is 5.10 Å². The lowest BCUT2D eigenvalue weighted by Crippen LogP contribution is -2.29. The van der Waals surface area contributed by atoms with Crippen molar-refractivity contribution in [3.8, 4) is 0 Å². The van der Waals surface area contributed by atoms with Gasteiger partial charge in [0.05, 0.1) is 12.3 Å². The van der Waals surface area contributed by atoms with Gasteiger partial charge in [0.2, 0.25) is 0 Å². The van der Waals surface area contributed by atoms with Gasteiger partial charge in [0.15, 0.2) is 0 Å². The zero-order chi connectivity index (χ0) is 21.1. The van der Waals surface area contributed by atoms with E-state index in [9.17, 15) is 9.18 Å². The molecular formula is C24H21ClFN3O. The molecule has 1 heterocycles. The van der Waals surface area contributed by atoms with Crippen molar-refractivity contribution in [2.75, 3.05) is 6.54 Å². The van der Waals surface area contributed by atoms with Gasteiger partial charge in [-0.2, -0.15) is 5.10 Å². The number of rotatable bonds is 5. The zero-order valence-electron chi connectivity index (χ0n) is 16.5. The predicted octanol–water partition coefficient (Wildman–Crippen LogP) is 5.25. The van der Waals surface area contributed by atoms with Crippen molar-refractivity contribution in [2.45, 2.75) is 19.6 Å². The summed E-state index contributed by atoms with van der Waals surface area (Å²) in [6.45, 7) is 2.67. The Hall–Kier alpha value is -3.02. The first-order chi connectivity index (χ1) is 14.5. The molecule has 4 rings (SSSR count). The summed E-state index contributed by atoms with van der Waals surface area (Å²) >= 11 is 5.98. The van der Waals surface area contributed by atoms with Crippen LogP contribution in [0, 0.1) is 5.82 Å². The Labute approximate surface area is 180 Å². The Morgan fingerprint density at radius 1 is 1.03 bits per heavy atom. The second kappa shape index (κ2) is 8.78. The van der Waals surface area contributed by atoms with Crippen molar-refractivity contribution in [3.05, 3.63) is 106 Å². The fourth-order valence-corrected chi connectivity index (χ4v) is 3.72. The van der Waals surface area contributed by atoms with Gasteiger partial charge in [-0.05, 0) is 47.9 Å². The van der Waals surface area contributed by atoms with Gasteiger partial charge in [0.1, 0.15) is 12.0 Å². The number of hydrogen-bond donors (Lipinski definition) is 0. The number of nitrogens with zero attached hydrogens (tertiary/aromatic N) is 3. The Kier molecular flexibility index (Phi) is 5.93. The van der Waals surface area contributed by atoms with Crippen molar-refractivity contribution >= 4 is 23.2 Å². The molecule has 0 radical (unpaired) electrons. The zero-order valence-corrected chi connectivity index (χ0v) is 17.3. The van der Waals surface area contributed by atoms with Gasteiger partial charge >= 0.3 is 0 Å². The molecule has 1 atom stereocenters. The Bertz CT molecular complexity index is 1050. The van der Waals surface area contributed by atoms with E-state index in [0.717, 1.165) is 16.7 Å². The predicted molar refractivity (Wildman–Crippen MR) is 117 cm³/mol. The van der Waals surface area contributed by atoms with E-state index in [1.165, 1.54) is 17.1 Å². The van der Waals surface area contributed by atoms with Crippen molar-refractivity contribution in [1.82, 2.24) is 9.91 Å². The molecule has 1 fully saturated rings. The van der Waals surface area contributed by atoms with Crippen LogP contribution in [0.15, 0.2) is 84.0 Å². The van der Waals surface area contributed by atoms with Crippen molar-refractivity contribution < 1.29 is 9.18 Å². The summed E-state index contributed by atoms with van der Waals surface area (Å²) in [4.78, 5) is 15.0. The van der Waals surface area contributed by atoms with Gasteiger partial charge < -0.3 is 0 Å². The maximum atomic E-state index is 13.5. The van der Waals surface area contributed by atoms with Crippen LogP contribution in [0.3, 0.4) is 0 Å².